The number of carbonyl (C=O) groups excluding carboxylic acids is 1. The standard InChI is InChI=1S/C10H12OS2/c1-7(2)8-4-3-5-9(6-8)13-10(11)12/h3-7H,1-2H3,(H,11,12). The highest BCUT2D eigenvalue weighted by molar-refractivity contribution is 8.32. The zero-order chi connectivity index (χ0) is 9.84. The van der Waals surface area contributed by atoms with Crippen molar-refractivity contribution in [2.24, 2.45) is 0 Å². The number of thiol groups is 1. The zero-order valence-electron chi connectivity index (χ0n) is 7.65. The molecule has 0 spiro atoms. The van der Waals surface area contributed by atoms with E-state index in [4.69, 9.17) is 0 Å². The van der Waals surface area contributed by atoms with Crippen molar-refractivity contribution >= 4 is 28.8 Å². The van der Waals surface area contributed by atoms with Crippen LogP contribution in [0.5, 0.6) is 0 Å². The summed E-state index contributed by atoms with van der Waals surface area (Å²) in [4.78, 5) is 11.7. The molecular weight excluding hydrogens is 200 g/mol. The van der Waals surface area contributed by atoms with Crippen LogP contribution in [0.25, 0.3) is 0 Å². The van der Waals surface area contributed by atoms with E-state index >= 15 is 0 Å². The molecule has 0 saturated carbocycles. The van der Waals surface area contributed by atoms with Gasteiger partial charge in [0.15, 0.2) is 0 Å². The quantitative estimate of drug-likeness (QED) is 0.590. The van der Waals surface area contributed by atoms with Crippen molar-refractivity contribution in [2.45, 2.75) is 24.7 Å². The molecule has 13 heavy (non-hydrogen) atoms. The first-order chi connectivity index (χ1) is 6.09. The van der Waals surface area contributed by atoms with Crippen molar-refractivity contribution in [3.63, 3.8) is 0 Å². The molecule has 0 aliphatic carbocycles. The van der Waals surface area contributed by atoms with Gasteiger partial charge in [-0.1, -0.05) is 38.6 Å². The molecular formula is C10H12OS2. The maximum absolute atomic E-state index is 10.7. The molecule has 0 unspecified atom stereocenters. The average molecular weight is 212 g/mol. The normalized spacial score (nSPS) is 10.5. The predicted octanol–water partition coefficient (Wildman–Crippen LogP) is 3.95. The Morgan fingerprint density at radius 2 is 2.15 bits per heavy atom. The van der Waals surface area contributed by atoms with Gasteiger partial charge in [0.2, 0.25) is 4.45 Å². The third-order valence-electron chi connectivity index (χ3n) is 1.73. The van der Waals surface area contributed by atoms with Crippen LogP contribution in [-0.4, -0.2) is 4.45 Å². The zero-order valence-corrected chi connectivity index (χ0v) is 9.36. The summed E-state index contributed by atoms with van der Waals surface area (Å²) >= 11 is 4.87. The van der Waals surface area contributed by atoms with Gasteiger partial charge in [-0.2, -0.15) is 0 Å². The Morgan fingerprint density at radius 3 is 2.69 bits per heavy atom. The first-order valence-corrected chi connectivity index (χ1v) is 5.36. The third-order valence-corrected chi connectivity index (χ3v) is 2.67. The monoisotopic (exact) mass is 212 g/mol. The number of hydrogen-bond donors (Lipinski definition) is 1. The topological polar surface area (TPSA) is 17.1 Å². The lowest BCUT2D eigenvalue weighted by Gasteiger charge is -2.05. The summed E-state index contributed by atoms with van der Waals surface area (Å²) in [6, 6.07) is 7.99. The van der Waals surface area contributed by atoms with Gasteiger partial charge in [0.25, 0.3) is 0 Å². The largest absolute Gasteiger partial charge is 0.274 e. The lowest BCUT2D eigenvalue weighted by Crippen LogP contribution is -1.87. The van der Waals surface area contributed by atoms with Crippen LogP contribution in [0.1, 0.15) is 25.3 Å². The molecule has 1 aromatic carbocycles. The van der Waals surface area contributed by atoms with Gasteiger partial charge >= 0.3 is 0 Å². The summed E-state index contributed by atoms with van der Waals surface area (Å²) in [5.41, 5.74) is 1.25. The molecule has 1 nitrogen and oxygen atoms in total. The smallest absolute Gasteiger partial charge is 0.247 e. The van der Waals surface area contributed by atoms with Crippen LogP contribution in [0.15, 0.2) is 29.2 Å². The van der Waals surface area contributed by atoms with Gasteiger partial charge in [0.05, 0.1) is 0 Å². The highest BCUT2D eigenvalue weighted by atomic mass is 32.2. The SMILES string of the molecule is CC(C)c1cccc(SC(=O)S)c1. The van der Waals surface area contributed by atoms with E-state index in [1.807, 2.05) is 18.2 Å². The number of thioether (sulfide) groups is 1. The molecule has 0 saturated heterocycles. The van der Waals surface area contributed by atoms with Crippen molar-refractivity contribution in [1.29, 1.82) is 0 Å². The van der Waals surface area contributed by atoms with Gasteiger partial charge in [0, 0.05) is 4.90 Å². The Bertz CT molecular complexity index is 308. The molecule has 0 fully saturated rings. The molecule has 0 aliphatic rings. The van der Waals surface area contributed by atoms with E-state index in [-0.39, 0.29) is 4.45 Å². The molecule has 0 aliphatic heterocycles. The molecule has 70 valence electrons. The van der Waals surface area contributed by atoms with Crippen LogP contribution < -0.4 is 0 Å². The van der Waals surface area contributed by atoms with Crippen LogP contribution in [0.2, 0.25) is 0 Å². The molecule has 1 aromatic rings. The minimum Gasteiger partial charge on any atom is -0.274 e. The molecule has 0 bridgehead atoms. The van der Waals surface area contributed by atoms with Gasteiger partial charge < -0.3 is 0 Å². The third kappa shape index (κ3) is 3.44. The Kier molecular flexibility index (Phi) is 3.88. The van der Waals surface area contributed by atoms with Gasteiger partial charge in [-0.25, -0.2) is 0 Å². The first-order valence-electron chi connectivity index (χ1n) is 4.10. The van der Waals surface area contributed by atoms with Crippen LogP contribution in [0, 0.1) is 0 Å². The molecule has 0 amide bonds. The van der Waals surface area contributed by atoms with Crippen molar-refractivity contribution in [2.75, 3.05) is 0 Å². The summed E-state index contributed by atoms with van der Waals surface area (Å²) in [6.45, 7) is 4.26. The Labute approximate surface area is 88.3 Å². The number of carbonyl (C=O) groups is 1. The number of rotatable bonds is 2. The predicted molar refractivity (Wildman–Crippen MR) is 60.8 cm³/mol. The second-order valence-corrected chi connectivity index (χ2v) is 4.85. The van der Waals surface area contributed by atoms with Gasteiger partial charge in [0.1, 0.15) is 0 Å². The summed E-state index contributed by atoms with van der Waals surface area (Å²) in [6.07, 6.45) is 0. The molecule has 0 N–H and O–H groups in total. The number of hydrogen-bond acceptors (Lipinski definition) is 2. The fraction of sp³-hybridized carbons (Fsp3) is 0.300. The van der Waals surface area contributed by atoms with Crippen LogP contribution in [-0.2, 0) is 0 Å². The summed E-state index contributed by atoms with van der Waals surface area (Å²) in [5, 5.41) is 0. The van der Waals surface area contributed by atoms with E-state index < -0.39 is 0 Å². The molecule has 0 heterocycles. The van der Waals surface area contributed by atoms with Crippen molar-refractivity contribution in [1.82, 2.24) is 0 Å². The van der Waals surface area contributed by atoms with E-state index in [0.717, 1.165) is 16.7 Å². The average Bonchev–Trinajstić information content (AvgIpc) is 2.03. The highest BCUT2D eigenvalue weighted by Gasteiger charge is 2.02. The van der Waals surface area contributed by atoms with Crippen molar-refractivity contribution < 1.29 is 4.79 Å². The minimum absolute atomic E-state index is 0.166. The highest BCUT2D eigenvalue weighted by Crippen LogP contribution is 2.24. The lowest BCUT2D eigenvalue weighted by molar-refractivity contribution is 0.277. The first kappa shape index (κ1) is 10.7. The molecule has 0 aromatic heterocycles. The maximum atomic E-state index is 10.7. The second-order valence-electron chi connectivity index (χ2n) is 3.10. The molecule has 0 atom stereocenters. The molecule has 1 rings (SSSR count). The maximum Gasteiger partial charge on any atom is 0.247 e. The molecule has 3 heteroatoms. The Balaban J connectivity index is 2.85. The van der Waals surface area contributed by atoms with Crippen LogP contribution in [0.3, 0.4) is 0 Å². The van der Waals surface area contributed by atoms with Crippen molar-refractivity contribution in [3.8, 4) is 0 Å². The van der Waals surface area contributed by atoms with Crippen LogP contribution >= 0.6 is 24.4 Å². The summed E-state index contributed by atoms with van der Waals surface area (Å²) in [7, 11) is 0. The van der Waals surface area contributed by atoms with Gasteiger partial charge in [-0.15, -0.1) is 0 Å². The van der Waals surface area contributed by atoms with E-state index in [9.17, 15) is 4.79 Å². The summed E-state index contributed by atoms with van der Waals surface area (Å²) < 4.78 is -0.166. The van der Waals surface area contributed by atoms with E-state index in [1.54, 1.807) is 0 Å². The Morgan fingerprint density at radius 1 is 1.46 bits per heavy atom. The molecule has 0 radical (unpaired) electrons. The van der Waals surface area contributed by atoms with Crippen molar-refractivity contribution in [3.05, 3.63) is 29.8 Å². The fourth-order valence-electron chi connectivity index (χ4n) is 1.04. The minimum atomic E-state index is -0.166. The van der Waals surface area contributed by atoms with E-state index in [1.165, 1.54) is 5.56 Å². The van der Waals surface area contributed by atoms with Gasteiger partial charge in [-0.3, -0.25) is 4.79 Å². The van der Waals surface area contributed by atoms with E-state index in [0.29, 0.717) is 5.92 Å². The van der Waals surface area contributed by atoms with Gasteiger partial charge in [-0.05, 0) is 35.4 Å². The van der Waals surface area contributed by atoms with Crippen LogP contribution in [0.4, 0.5) is 4.79 Å². The number of benzene rings is 1. The Hall–Kier alpha value is -0.410. The second kappa shape index (κ2) is 4.72. The van der Waals surface area contributed by atoms with E-state index in [2.05, 4.69) is 32.5 Å². The summed E-state index contributed by atoms with van der Waals surface area (Å²) in [5.74, 6) is 0.496. The lowest BCUT2D eigenvalue weighted by atomic mass is 10.0. The fourth-order valence-corrected chi connectivity index (χ4v) is 1.90.